The van der Waals surface area contributed by atoms with Gasteiger partial charge in [-0.25, -0.2) is 14.4 Å². The lowest BCUT2D eigenvalue weighted by molar-refractivity contribution is 0.547. The summed E-state index contributed by atoms with van der Waals surface area (Å²) in [4.78, 5) is 26.4. The van der Waals surface area contributed by atoms with Crippen molar-refractivity contribution in [3.8, 4) is 6.07 Å². The van der Waals surface area contributed by atoms with Crippen LogP contribution in [0.15, 0.2) is 63.2 Å². The largest absolute Gasteiger partial charge is 0.443 e. The minimum absolute atomic E-state index is 0.0332. The summed E-state index contributed by atoms with van der Waals surface area (Å²) >= 11 is 0. The fourth-order valence-corrected chi connectivity index (χ4v) is 2.16. The number of hydrogen-bond acceptors (Lipinski definition) is 7. The number of H-pyrrole nitrogens is 1. The molecule has 0 radical (unpaired) electrons. The number of halogens is 1. The molecule has 0 aliphatic carbocycles. The molecule has 0 aliphatic rings. The Kier molecular flexibility index (Phi) is 5.18. The average Bonchev–Trinajstić information content (AvgIpc) is 3.20. The highest BCUT2D eigenvalue weighted by molar-refractivity contribution is 6.08. The summed E-state index contributed by atoms with van der Waals surface area (Å²) in [5.74, 6) is -0.155. The van der Waals surface area contributed by atoms with E-state index in [0.29, 0.717) is 5.56 Å². The number of nitrogens with one attached hydrogen (secondary N) is 1. The minimum atomic E-state index is -0.611. The molecule has 0 amide bonds. The third-order valence-electron chi connectivity index (χ3n) is 3.51. The van der Waals surface area contributed by atoms with Crippen LogP contribution >= 0.6 is 0 Å². The number of hydrogen-bond donors (Lipinski definition) is 2. The Morgan fingerprint density at radius 1 is 1.41 bits per heavy atom. The number of aromatic amines is 1. The number of rotatable bonds is 5. The maximum Gasteiger partial charge on any atom is 0.269 e. The summed E-state index contributed by atoms with van der Waals surface area (Å²) in [5, 5.41) is 8.79. The number of allylic oxidation sites excluding steroid dienone is 1. The molecule has 0 saturated heterocycles. The van der Waals surface area contributed by atoms with Gasteiger partial charge in [0.25, 0.3) is 5.56 Å². The minimum Gasteiger partial charge on any atom is -0.443 e. The van der Waals surface area contributed by atoms with Crippen LogP contribution in [0.2, 0.25) is 0 Å². The summed E-state index contributed by atoms with van der Waals surface area (Å²) in [6.45, 7) is 0.0332. The van der Waals surface area contributed by atoms with Crippen LogP contribution in [0.5, 0.6) is 0 Å². The van der Waals surface area contributed by atoms with Crippen LogP contribution in [0.4, 0.5) is 4.39 Å². The molecule has 1 aromatic carbocycles. The molecule has 0 saturated carbocycles. The van der Waals surface area contributed by atoms with Gasteiger partial charge in [-0.2, -0.15) is 5.26 Å². The Morgan fingerprint density at radius 2 is 2.22 bits per heavy atom. The predicted molar refractivity (Wildman–Crippen MR) is 94.9 cm³/mol. The van der Waals surface area contributed by atoms with E-state index in [0.717, 1.165) is 6.20 Å². The molecule has 3 aromatic rings. The molecule has 3 N–H and O–H groups in total. The first-order valence-corrected chi connectivity index (χ1v) is 7.73. The average molecular weight is 364 g/mol. The first-order chi connectivity index (χ1) is 13.1. The highest BCUT2D eigenvalue weighted by Gasteiger charge is 2.11. The van der Waals surface area contributed by atoms with E-state index in [1.165, 1.54) is 24.6 Å². The molecule has 27 heavy (non-hydrogen) atoms. The monoisotopic (exact) mass is 364 g/mol. The summed E-state index contributed by atoms with van der Waals surface area (Å²) in [6.07, 6.45) is 5.31. The van der Waals surface area contributed by atoms with Crippen molar-refractivity contribution in [3.05, 3.63) is 88.0 Å². The van der Waals surface area contributed by atoms with Crippen molar-refractivity contribution >= 4 is 11.4 Å². The molecule has 0 atom stereocenters. The zero-order valence-corrected chi connectivity index (χ0v) is 13.9. The van der Waals surface area contributed by atoms with Crippen molar-refractivity contribution in [2.24, 2.45) is 10.7 Å². The van der Waals surface area contributed by atoms with Crippen LogP contribution in [-0.2, 0) is 6.54 Å². The maximum absolute atomic E-state index is 13.8. The van der Waals surface area contributed by atoms with Crippen LogP contribution in [-0.4, -0.2) is 20.7 Å². The predicted octanol–water partition coefficient (Wildman–Crippen LogP) is 1.76. The van der Waals surface area contributed by atoms with Gasteiger partial charge in [0.2, 0.25) is 5.89 Å². The van der Waals surface area contributed by atoms with E-state index in [9.17, 15) is 9.18 Å². The molecule has 0 spiro atoms. The van der Waals surface area contributed by atoms with Crippen LogP contribution in [0.25, 0.3) is 5.70 Å². The molecule has 0 fully saturated rings. The van der Waals surface area contributed by atoms with Gasteiger partial charge in [-0.05, 0) is 12.1 Å². The van der Waals surface area contributed by atoms with Gasteiger partial charge in [0.1, 0.15) is 29.4 Å². The molecule has 2 heterocycles. The van der Waals surface area contributed by atoms with E-state index in [1.807, 2.05) is 0 Å². The first kappa shape index (κ1) is 17.8. The van der Waals surface area contributed by atoms with Gasteiger partial charge in [0.15, 0.2) is 5.82 Å². The van der Waals surface area contributed by atoms with Crippen molar-refractivity contribution in [2.45, 2.75) is 6.54 Å². The fraction of sp³-hybridized carbons (Fsp3) is 0.0556. The second-order valence-corrected chi connectivity index (χ2v) is 5.32. The molecule has 0 aliphatic heterocycles. The summed E-state index contributed by atoms with van der Waals surface area (Å²) < 4.78 is 19.0. The Morgan fingerprint density at radius 3 is 2.89 bits per heavy atom. The lowest BCUT2D eigenvalue weighted by atomic mass is 10.2. The number of nitrogens with zero attached hydrogens (tertiary/aromatic N) is 4. The highest BCUT2D eigenvalue weighted by Crippen LogP contribution is 2.11. The zero-order valence-electron chi connectivity index (χ0n) is 13.9. The maximum atomic E-state index is 13.8. The second-order valence-electron chi connectivity index (χ2n) is 5.32. The number of aromatic nitrogens is 3. The number of oxazole rings is 1. The normalized spacial score (nSPS) is 12.0. The van der Waals surface area contributed by atoms with Gasteiger partial charge >= 0.3 is 0 Å². The fourth-order valence-electron chi connectivity index (χ4n) is 2.16. The lowest BCUT2D eigenvalue weighted by Gasteiger charge is -2.03. The molecule has 134 valence electrons. The molecular weight excluding hydrogens is 351 g/mol. The first-order valence-electron chi connectivity index (χ1n) is 7.73. The molecule has 2 aromatic heterocycles. The van der Waals surface area contributed by atoms with E-state index >= 15 is 0 Å². The van der Waals surface area contributed by atoms with Crippen molar-refractivity contribution in [2.75, 3.05) is 0 Å². The number of aliphatic imine (C=N–C) groups is 1. The highest BCUT2D eigenvalue weighted by atomic mass is 19.1. The van der Waals surface area contributed by atoms with Crippen LogP contribution in [0.1, 0.15) is 22.8 Å². The van der Waals surface area contributed by atoms with Gasteiger partial charge in [-0.3, -0.25) is 9.79 Å². The van der Waals surface area contributed by atoms with E-state index in [1.54, 1.807) is 24.3 Å². The quantitative estimate of drug-likeness (QED) is 0.663. The smallest absolute Gasteiger partial charge is 0.269 e. The van der Waals surface area contributed by atoms with Crippen LogP contribution in [0.3, 0.4) is 0 Å². The van der Waals surface area contributed by atoms with Crippen molar-refractivity contribution in [1.29, 1.82) is 5.26 Å². The molecule has 0 bridgehead atoms. The van der Waals surface area contributed by atoms with E-state index in [2.05, 4.69) is 19.9 Å². The molecule has 9 heteroatoms. The standard InChI is InChI=1S/C18H13FN6O2/c19-13-4-2-1-3-11(13)9-23-15(18-22-5-6-27-18)7-14(21)16-24-10-12(8-20)17(26)25-16/h1-7,10H,9,21H2,(H,24,25,26). The molecular formula is C18H13FN6O2. The van der Waals surface area contributed by atoms with E-state index < -0.39 is 5.56 Å². The van der Waals surface area contributed by atoms with E-state index in [4.69, 9.17) is 15.4 Å². The van der Waals surface area contributed by atoms with Gasteiger partial charge in [0.05, 0.1) is 24.6 Å². The SMILES string of the molecule is N#Cc1cnc(C(N)=CC(=NCc2ccccc2F)c2ncco2)[nH]c1=O. The lowest BCUT2D eigenvalue weighted by Crippen LogP contribution is -2.16. The summed E-state index contributed by atoms with van der Waals surface area (Å²) in [7, 11) is 0. The molecule has 3 rings (SSSR count). The second kappa shape index (κ2) is 7.88. The molecule has 0 unspecified atom stereocenters. The third-order valence-corrected chi connectivity index (χ3v) is 3.51. The van der Waals surface area contributed by atoms with Gasteiger partial charge < -0.3 is 15.1 Å². The third kappa shape index (κ3) is 4.13. The number of benzene rings is 1. The van der Waals surface area contributed by atoms with Gasteiger partial charge in [-0.1, -0.05) is 18.2 Å². The summed E-state index contributed by atoms with van der Waals surface area (Å²) in [5.41, 5.74) is 5.94. The van der Waals surface area contributed by atoms with Crippen LogP contribution < -0.4 is 11.3 Å². The van der Waals surface area contributed by atoms with Gasteiger partial charge in [-0.15, -0.1) is 0 Å². The Bertz CT molecular complexity index is 1110. The van der Waals surface area contributed by atoms with Crippen molar-refractivity contribution in [1.82, 2.24) is 15.0 Å². The summed E-state index contributed by atoms with van der Waals surface area (Å²) in [6, 6.07) is 7.95. The Labute approximate surface area is 152 Å². The van der Waals surface area contributed by atoms with E-state index in [-0.39, 0.29) is 41.0 Å². The topological polar surface area (TPSA) is 134 Å². The molecule has 8 nitrogen and oxygen atoms in total. The Hall–Kier alpha value is -4.06. The number of nitrogens with two attached hydrogens (primary N) is 1. The zero-order chi connectivity index (χ0) is 19.2. The van der Waals surface area contributed by atoms with Crippen molar-refractivity contribution in [3.63, 3.8) is 0 Å². The Balaban J connectivity index is 1.97. The number of nitriles is 1. The van der Waals surface area contributed by atoms with Crippen molar-refractivity contribution < 1.29 is 8.81 Å². The van der Waals surface area contributed by atoms with Crippen LogP contribution in [0, 0.1) is 17.1 Å². The van der Waals surface area contributed by atoms with Gasteiger partial charge in [0, 0.05) is 5.56 Å².